The number of carbonyl (C=O) groups is 1. The van der Waals surface area contributed by atoms with Crippen LogP contribution in [0, 0.1) is 6.92 Å². The van der Waals surface area contributed by atoms with E-state index in [0.29, 0.717) is 46.0 Å². The Morgan fingerprint density at radius 2 is 1.81 bits per heavy atom. The third-order valence-electron chi connectivity index (χ3n) is 6.16. The number of nitrogens with zero attached hydrogens (tertiary/aromatic N) is 3. The normalized spacial score (nSPS) is 14.5. The fraction of sp³-hybridized carbons (Fsp3) is 0.179. The second-order valence-corrected chi connectivity index (χ2v) is 9.18. The zero-order valence-corrected chi connectivity index (χ0v) is 21.4. The molecule has 9 heteroatoms. The summed E-state index contributed by atoms with van der Waals surface area (Å²) in [7, 11) is 1.59. The van der Waals surface area contributed by atoms with Gasteiger partial charge < -0.3 is 20.1 Å². The molecule has 0 bridgehead atoms. The molecular weight excluding hydrogens is 490 g/mol. The number of benzene rings is 3. The maximum Gasteiger partial charge on any atom is 0.255 e. The van der Waals surface area contributed by atoms with Crippen LogP contribution in [0.4, 0.5) is 11.6 Å². The summed E-state index contributed by atoms with van der Waals surface area (Å²) in [6.07, 6.45) is 1.46. The van der Waals surface area contributed by atoms with Crippen molar-refractivity contribution in [2.24, 2.45) is 0 Å². The molecule has 188 valence electrons. The molecule has 1 amide bonds. The Bertz CT molecular complexity index is 1460. The second kappa shape index (κ2) is 10.4. The molecule has 1 aromatic heterocycles. The quantitative estimate of drug-likeness (QED) is 0.325. The third kappa shape index (κ3) is 5.15. The Morgan fingerprint density at radius 3 is 2.54 bits per heavy atom. The van der Waals surface area contributed by atoms with Crippen LogP contribution in [0.2, 0.25) is 5.02 Å². The van der Waals surface area contributed by atoms with Gasteiger partial charge in [0.05, 0.1) is 12.7 Å². The van der Waals surface area contributed by atoms with Gasteiger partial charge in [0.2, 0.25) is 5.95 Å². The maximum absolute atomic E-state index is 13.5. The molecule has 1 aliphatic heterocycles. The predicted octanol–water partition coefficient (Wildman–Crippen LogP) is 5.76. The highest BCUT2D eigenvalue weighted by molar-refractivity contribution is 6.30. The van der Waals surface area contributed by atoms with Gasteiger partial charge in [-0.3, -0.25) is 4.79 Å². The molecule has 1 atom stereocenters. The van der Waals surface area contributed by atoms with Crippen molar-refractivity contribution >= 4 is 29.1 Å². The van der Waals surface area contributed by atoms with Crippen molar-refractivity contribution in [3.05, 3.63) is 106 Å². The van der Waals surface area contributed by atoms with Crippen molar-refractivity contribution < 1.29 is 14.3 Å². The van der Waals surface area contributed by atoms with Crippen molar-refractivity contribution in [2.45, 2.75) is 26.5 Å². The van der Waals surface area contributed by atoms with Crippen molar-refractivity contribution in [3.8, 4) is 11.5 Å². The summed E-state index contributed by atoms with van der Waals surface area (Å²) >= 11 is 6.00. The first-order valence-electron chi connectivity index (χ1n) is 11.7. The van der Waals surface area contributed by atoms with Gasteiger partial charge in [-0.05, 0) is 61.4 Å². The van der Waals surface area contributed by atoms with Crippen LogP contribution in [0.15, 0.2) is 84.3 Å². The predicted molar refractivity (Wildman–Crippen MR) is 143 cm³/mol. The van der Waals surface area contributed by atoms with Crippen molar-refractivity contribution in [1.29, 1.82) is 0 Å². The molecule has 3 aromatic carbocycles. The number of carbonyl (C=O) groups excluding carboxylic acids is 1. The zero-order valence-electron chi connectivity index (χ0n) is 20.7. The lowest BCUT2D eigenvalue weighted by Gasteiger charge is -2.29. The average Bonchev–Trinajstić information content (AvgIpc) is 3.37. The van der Waals surface area contributed by atoms with E-state index in [4.69, 9.17) is 21.1 Å². The van der Waals surface area contributed by atoms with E-state index >= 15 is 0 Å². The molecule has 37 heavy (non-hydrogen) atoms. The number of aryl methyl sites for hydroxylation is 1. The molecule has 2 heterocycles. The van der Waals surface area contributed by atoms with Crippen LogP contribution in [0.1, 0.15) is 29.7 Å². The number of methoxy groups -OCH3 is 1. The number of hydrogen-bond acceptors (Lipinski definition) is 6. The molecule has 2 N–H and O–H groups in total. The highest BCUT2D eigenvalue weighted by Crippen LogP contribution is 2.39. The van der Waals surface area contributed by atoms with E-state index in [1.807, 2.05) is 44.2 Å². The van der Waals surface area contributed by atoms with Crippen LogP contribution >= 0.6 is 11.6 Å². The Kier molecular flexibility index (Phi) is 6.83. The number of halogens is 1. The molecule has 5 rings (SSSR count). The number of aromatic nitrogens is 3. The zero-order chi connectivity index (χ0) is 25.9. The van der Waals surface area contributed by atoms with Crippen LogP contribution in [-0.2, 0) is 11.4 Å². The molecule has 8 nitrogen and oxygen atoms in total. The van der Waals surface area contributed by atoms with Gasteiger partial charge in [-0.25, -0.2) is 4.68 Å². The lowest BCUT2D eigenvalue weighted by molar-refractivity contribution is -0.113. The van der Waals surface area contributed by atoms with E-state index in [2.05, 4.69) is 32.8 Å². The maximum atomic E-state index is 13.5. The third-order valence-corrected chi connectivity index (χ3v) is 6.41. The van der Waals surface area contributed by atoms with Crippen LogP contribution < -0.4 is 20.1 Å². The van der Waals surface area contributed by atoms with Gasteiger partial charge in [0.1, 0.15) is 19.0 Å². The molecular formula is C28H26ClN5O3. The van der Waals surface area contributed by atoms with Crippen LogP contribution in [0.25, 0.3) is 0 Å². The van der Waals surface area contributed by atoms with Crippen LogP contribution in [0.3, 0.4) is 0 Å². The summed E-state index contributed by atoms with van der Waals surface area (Å²) in [5.74, 6) is 1.44. The number of allylic oxidation sites excluding steroid dienone is 1. The first-order valence-corrected chi connectivity index (χ1v) is 12.1. The summed E-state index contributed by atoms with van der Waals surface area (Å²) in [6.45, 7) is 4.30. The van der Waals surface area contributed by atoms with E-state index in [0.717, 1.165) is 11.1 Å². The van der Waals surface area contributed by atoms with E-state index in [-0.39, 0.29) is 5.91 Å². The molecule has 0 fully saturated rings. The number of amides is 1. The molecule has 0 saturated carbocycles. The Hall–Kier alpha value is -4.30. The van der Waals surface area contributed by atoms with Gasteiger partial charge in [-0.1, -0.05) is 47.5 Å². The number of nitrogens with one attached hydrogen (secondary N) is 2. The summed E-state index contributed by atoms with van der Waals surface area (Å²) < 4.78 is 13.4. The summed E-state index contributed by atoms with van der Waals surface area (Å²) in [5.41, 5.74) is 4.86. The Balaban J connectivity index is 1.46. The molecule has 1 aliphatic rings. The lowest BCUT2D eigenvalue weighted by Crippen LogP contribution is -2.31. The van der Waals surface area contributed by atoms with E-state index < -0.39 is 6.04 Å². The van der Waals surface area contributed by atoms with Crippen molar-refractivity contribution in [2.75, 3.05) is 17.7 Å². The van der Waals surface area contributed by atoms with Gasteiger partial charge in [0, 0.05) is 16.4 Å². The molecule has 0 radical (unpaired) electrons. The van der Waals surface area contributed by atoms with Gasteiger partial charge in [-0.15, -0.1) is 0 Å². The number of anilines is 2. The summed E-state index contributed by atoms with van der Waals surface area (Å²) in [6, 6.07) is 20.2. The highest BCUT2D eigenvalue weighted by Gasteiger charge is 2.34. The lowest BCUT2D eigenvalue weighted by atomic mass is 9.94. The van der Waals surface area contributed by atoms with Gasteiger partial charge in [-0.2, -0.15) is 10.1 Å². The number of rotatable bonds is 7. The van der Waals surface area contributed by atoms with Crippen molar-refractivity contribution in [3.63, 3.8) is 0 Å². The molecule has 4 aromatic rings. The van der Waals surface area contributed by atoms with E-state index in [1.54, 1.807) is 36.1 Å². The topological polar surface area (TPSA) is 90.3 Å². The smallest absolute Gasteiger partial charge is 0.255 e. The monoisotopic (exact) mass is 515 g/mol. The molecule has 0 aliphatic carbocycles. The summed E-state index contributed by atoms with van der Waals surface area (Å²) in [5, 5.41) is 11.1. The molecule has 0 unspecified atom stereocenters. The fourth-order valence-corrected chi connectivity index (χ4v) is 4.37. The number of fused-ring (bicyclic) bond motifs is 1. The standard InChI is InChI=1S/C28H26ClN5O3/c1-17-4-6-19(7-5-17)15-37-23-13-8-20(14-24(23)36-3)26-25(18(2)32-28-30-16-31-34(26)28)27(35)33-22-11-9-21(29)10-12-22/h4-14,16,26H,15H2,1-3H3,(H,33,35)(H,30,31,32)/t26-/m0/s1. The second-order valence-electron chi connectivity index (χ2n) is 8.74. The first kappa shape index (κ1) is 24.4. The molecule has 0 saturated heterocycles. The summed E-state index contributed by atoms with van der Waals surface area (Å²) in [4.78, 5) is 17.8. The Labute approximate surface area is 219 Å². The van der Waals surface area contributed by atoms with E-state index in [9.17, 15) is 4.79 Å². The number of hydrogen-bond donors (Lipinski definition) is 2. The van der Waals surface area contributed by atoms with Gasteiger partial charge >= 0.3 is 0 Å². The first-order chi connectivity index (χ1) is 17.9. The minimum absolute atomic E-state index is 0.267. The van der Waals surface area contributed by atoms with E-state index in [1.165, 1.54) is 11.9 Å². The van der Waals surface area contributed by atoms with Crippen molar-refractivity contribution in [1.82, 2.24) is 14.8 Å². The van der Waals surface area contributed by atoms with Gasteiger partial charge in [0.15, 0.2) is 11.5 Å². The highest BCUT2D eigenvalue weighted by atomic mass is 35.5. The average molecular weight is 516 g/mol. The Morgan fingerprint density at radius 1 is 1.05 bits per heavy atom. The van der Waals surface area contributed by atoms with Crippen LogP contribution in [-0.4, -0.2) is 27.8 Å². The SMILES string of the molecule is COc1cc([C@H]2C(C(=O)Nc3ccc(Cl)cc3)=C(C)Nc3ncnn32)ccc1OCc1ccc(C)cc1. The minimum Gasteiger partial charge on any atom is -0.493 e. The van der Waals surface area contributed by atoms with Gasteiger partial charge in [0.25, 0.3) is 5.91 Å². The number of ether oxygens (including phenoxy) is 2. The fourth-order valence-electron chi connectivity index (χ4n) is 4.24. The molecule has 0 spiro atoms. The largest absolute Gasteiger partial charge is 0.493 e. The minimum atomic E-state index is -0.536. The van der Waals surface area contributed by atoms with Crippen LogP contribution in [0.5, 0.6) is 11.5 Å².